The van der Waals surface area contributed by atoms with Crippen LogP contribution in [0.5, 0.6) is 0 Å². The molecule has 0 saturated heterocycles. The zero-order valence-corrected chi connectivity index (χ0v) is 14.8. The molecule has 0 fully saturated rings. The van der Waals surface area contributed by atoms with Gasteiger partial charge in [-0.15, -0.1) is 17.0 Å². The standard InChI is InChI=1S/C16H13ClN2S.BrH/c1-10-15(19-9-8-18-16(19)20-10)13-6-7-14(17)12-5-3-2-4-11(12)13;/h2-7H,8-9H2,1H3;1H. The highest BCUT2D eigenvalue weighted by atomic mass is 79.9. The first-order valence-corrected chi connectivity index (χ1v) is 7.83. The van der Waals surface area contributed by atoms with E-state index in [1.165, 1.54) is 21.6 Å². The van der Waals surface area contributed by atoms with Crippen molar-refractivity contribution in [3.05, 3.63) is 51.9 Å². The number of benzene rings is 2. The third-order valence-corrected chi connectivity index (χ3v) is 5.14. The molecule has 0 unspecified atom stereocenters. The third-order valence-electron chi connectivity index (χ3n) is 3.78. The quantitative estimate of drug-likeness (QED) is 0.676. The van der Waals surface area contributed by atoms with Gasteiger partial charge in [-0.3, -0.25) is 4.99 Å². The molecular formula is C16H14BrClN2S. The Morgan fingerprint density at radius 3 is 2.71 bits per heavy atom. The number of hydrogen-bond acceptors (Lipinski definition) is 3. The molecule has 4 rings (SSSR count). The largest absolute Gasteiger partial charge is 0.318 e. The van der Waals surface area contributed by atoms with Gasteiger partial charge in [-0.25, -0.2) is 0 Å². The van der Waals surface area contributed by atoms with Crippen LogP contribution in [0.1, 0.15) is 12.5 Å². The SMILES string of the molecule is Br.CC1=C(c2ccc(Cl)c3ccccc23)N2CCN=C2S1. The van der Waals surface area contributed by atoms with Crippen molar-refractivity contribution in [3.8, 4) is 0 Å². The van der Waals surface area contributed by atoms with E-state index in [9.17, 15) is 0 Å². The Balaban J connectivity index is 0.00000132. The topological polar surface area (TPSA) is 15.6 Å². The van der Waals surface area contributed by atoms with E-state index in [1.54, 1.807) is 11.8 Å². The summed E-state index contributed by atoms with van der Waals surface area (Å²) in [4.78, 5) is 8.20. The van der Waals surface area contributed by atoms with E-state index in [0.717, 1.165) is 28.7 Å². The van der Waals surface area contributed by atoms with Crippen LogP contribution < -0.4 is 0 Å². The van der Waals surface area contributed by atoms with Crippen LogP contribution in [0.3, 0.4) is 0 Å². The van der Waals surface area contributed by atoms with E-state index >= 15 is 0 Å². The van der Waals surface area contributed by atoms with E-state index < -0.39 is 0 Å². The molecule has 0 bridgehead atoms. The summed E-state index contributed by atoms with van der Waals surface area (Å²) in [7, 11) is 0. The number of halogens is 2. The molecule has 2 nitrogen and oxygen atoms in total. The minimum absolute atomic E-state index is 0. The average molecular weight is 382 g/mol. The van der Waals surface area contributed by atoms with Crippen LogP contribution in [-0.4, -0.2) is 23.2 Å². The van der Waals surface area contributed by atoms with Crippen molar-refractivity contribution in [3.63, 3.8) is 0 Å². The minimum Gasteiger partial charge on any atom is -0.318 e. The molecule has 0 atom stereocenters. The number of hydrogen-bond donors (Lipinski definition) is 0. The zero-order chi connectivity index (χ0) is 13.7. The van der Waals surface area contributed by atoms with Gasteiger partial charge in [-0.2, -0.15) is 0 Å². The van der Waals surface area contributed by atoms with Gasteiger partial charge in [0.05, 0.1) is 12.2 Å². The van der Waals surface area contributed by atoms with Gasteiger partial charge in [0.1, 0.15) is 0 Å². The second-order valence-electron chi connectivity index (χ2n) is 4.96. The Kier molecular flexibility index (Phi) is 4.04. The van der Waals surface area contributed by atoms with Crippen LogP contribution in [-0.2, 0) is 0 Å². The van der Waals surface area contributed by atoms with E-state index in [0.29, 0.717) is 0 Å². The second-order valence-corrected chi connectivity index (χ2v) is 6.55. The van der Waals surface area contributed by atoms with Gasteiger partial charge in [0.25, 0.3) is 0 Å². The fourth-order valence-electron chi connectivity index (χ4n) is 2.90. The van der Waals surface area contributed by atoms with E-state index in [4.69, 9.17) is 11.6 Å². The number of aliphatic imine (C=N–C) groups is 1. The van der Waals surface area contributed by atoms with Crippen LogP contribution in [0, 0.1) is 0 Å². The van der Waals surface area contributed by atoms with Crippen LogP contribution in [0.15, 0.2) is 46.3 Å². The van der Waals surface area contributed by atoms with Crippen molar-refractivity contribution in [2.24, 2.45) is 4.99 Å². The molecule has 2 aromatic carbocycles. The first-order chi connectivity index (χ1) is 9.75. The fourth-order valence-corrected chi connectivity index (χ4v) is 4.17. The average Bonchev–Trinajstić information content (AvgIpc) is 3.01. The third kappa shape index (κ3) is 2.30. The molecule has 0 aromatic heterocycles. The van der Waals surface area contributed by atoms with Gasteiger partial charge in [-0.1, -0.05) is 53.7 Å². The molecule has 0 amide bonds. The summed E-state index contributed by atoms with van der Waals surface area (Å²) >= 11 is 8.10. The Labute approximate surface area is 143 Å². The summed E-state index contributed by atoms with van der Waals surface area (Å²) in [6.07, 6.45) is 0. The number of allylic oxidation sites excluding steroid dienone is 1. The highest BCUT2D eigenvalue weighted by Crippen LogP contribution is 2.43. The molecule has 0 saturated carbocycles. The Bertz CT molecular complexity index is 785. The van der Waals surface area contributed by atoms with Gasteiger partial charge >= 0.3 is 0 Å². The van der Waals surface area contributed by atoms with E-state index in [2.05, 4.69) is 41.1 Å². The summed E-state index contributed by atoms with van der Waals surface area (Å²) in [6, 6.07) is 12.5. The molecule has 2 heterocycles. The molecule has 2 aliphatic rings. The minimum atomic E-state index is 0. The molecule has 5 heteroatoms. The maximum atomic E-state index is 6.32. The predicted molar refractivity (Wildman–Crippen MR) is 98.5 cm³/mol. The lowest BCUT2D eigenvalue weighted by Gasteiger charge is -2.19. The van der Waals surface area contributed by atoms with Crippen LogP contribution in [0.2, 0.25) is 5.02 Å². The Morgan fingerprint density at radius 1 is 1.14 bits per heavy atom. The van der Waals surface area contributed by atoms with Crippen molar-refractivity contribution in [1.29, 1.82) is 0 Å². The molecule has 0 N–H and O–H groups in total. The molecule has 2 aliphatic heterocycles. The van der Waals surface area contributed by atoms with Gasteiger partial charge in [-0.05, 0) is 18.4 Å². The number of fused-ring (bicyclic) bond motifs is 2. The lowest BCUT2D eigenvalue weighted by Crippen LogP contribution is -2.20. The molecule has 21 heavy (non-hydrogen) atoms. The maximum absolute atomic E-state index is 6.32. The second kappa shape index (κ2) is 5.67. The Morgan fingerprint density at radius 2 is 1.90 bits per heavy atom. The molecule has 0 aliphatic carbocycles. The van der Waals surface area contributed by atoms with Crippen molar-refractivity contribution in [1.82, 2.24) is 4.90 Å². The fraction of sp³-hybridized carbons (Fsp3) is 0.188. The first-order valence-electron chi connectivity index (χ1n) is 6.64. The van der Waals surface area contributed by atoms with Crippen molar-refractivity contribution in [2.75, 3.05) is 13.1 Å². The number of thioether (sulfide) groups is 1. The van der Waals surface area contributed by atoms with Crippen molar-refractivity contribution >= 4 is 62.0 Å². The smallest absolute Gasteiger partial charge is 0.168 e. The van der Waals surface area contributed by atoms with E-state index in [-0.39, 0.29) is 17.0 Å². The summed E-state index contributed by atoms with van der Waals surface area (Å²) in [5.41, 5.74) is 2.54. The van der Waals surface area contributed by atoms with Crippen molar-refractivity contribution < 1.29 is 0 Å². The molecule has 108 valence electrons. The Hall–Kier alpha value is -0.970. The van der Waals surface area contributed by atoms with Crippen LogP contribution in [0.25, 0.3) is 16.5 Å². The van der Waals surface area contributed by atoms with Gasteiger partial charge in [0.2, 0.25) is 0 Å². The number of amidine groups is 1. The number of rotatable bonds is 1. The van der Waals surface area contributed by atoms with Crippen molar-refractivity contribution in [2.45, 2.75) is 6.92 Å². The summed E-state index contributed by atoms with van der Waals surface area (Å²) in [5, 5.41) is 4.27. The van der Waals surface area contributed by atoms with Gasteiger partial charge < -0.3 is 4.90 Å². The first kappa shape index (κ1) is 14.9. The molecular weight excluding hydrogens is 368 g/mol. The van der Waals surface area contributed by atoms with E-state index in [1.807, 2.05) is 12.1 Å². The summed E-state index contributed by atoms with van der Waals surface area (Å²) < 4.78 is 0. The maximum Gasteiger partial charge on any atom is 0.168 e. The predicted octanol–water partition coefficient (Wildman–Crippen LogP) is 5.18. The van der Waals surface area contributed by atoms with Gasteiger partial charge in [0.15, 0.2) is 5.17 Å². The van der Waals surface area contributed by atoms with Crippen LogP contribution in [0.4, 0.5) is 0 Å². The highest BCUT2D eigenvalue weighted by molar-refractivity contribution is 8.93. The highest BCUT2D eigenvalue weighted by Gasteiger charge is 2.31. The lowest BCUT2D eigenvalue weighted by atomic mass is 10.0. The van der Waals surface area contributed by atoms with Crippen LogP contribution >= 0.6 is 40.3 Å². The molecule has 2 aromatic rings. The monoisotopic (exact) mass is 380 g/mol. The zero-order valence-electron chi connectivity index (χ0n) is 11.5. The molecule has 0 radical (unpaired) electrons. The normalized spacial score (nSPS) is 17.0. The summed E-state index contributed by atoms with van der Waals surface area (Å²) in [5.74, 6) is 0. The summed E-state index contributed by atoms with van der Waals surface area (Å²) in [6.45, 7) is 4.04. The lowest BCUT2D eigenvalue weighted by molar-refractivity contribution is 0.648. The molecule has 0 spiro atoms. The van der Waals surface area contributed by atoms with Gasteiger partial charge in [0, 0.05) is 27.4 Å². The number of nitrogens with zero attached hydrogens (tertiary/aromatic N) is 2.